The highest BCUT2D eigenvalue weighted by Crippen LogP contribution is 2.28. The molecule has 2 heterocycles. The summed E-state index contributed by atoms with van der Waals surface area (Å²) in [7, 11) is -4.02. The van der Waals surface area contributed by atoms with Crippen LogP contribution in [0.1, 0.15) is 17.4 Å². The molecule has 1 aliphatic rings. The number of anilines is 1. The maximum Gasteiger partial charge on any atom is 0.351 e. The molecule has 0 saturated carbocycles. The minimum Gasteiger partial charge on any atom is -0.462 e. The summed E-state index contributed by atoms with van der Waals surface area (Å²) in [6.45, 7) is 1.51. The Labute approximate surface area is 224 Å². The third kappa shape index (κ3) is 8.16. The second kappa shape index (κ2) is 12.9. The summed E-state index contributed by atoms with van der Waals surface area (Å²) in [5, 5.41) is 20.3. The lowest BCUT2D eigenvalue weighted by Gasteiger charge is -2.17. The number of hydrogen-bond acceptors (Lipinski definition) is 11. The van der Waals surface area contributed by atoms with Crippen LogP contribution in [0.2, 0.25) is 0 Å². The van der Waals surface area contributed by atoms with Gasteiger partial charge in [0, 0.05) is 6.20 Å². The average Bonchev–Trinajstić information content (AvgIpc) is 3.16. The van der Waals surface area contributed by atoms with Crippen molar-refractivity contribution in [1.82, 2.24) is 9.55 Å². The highest BCUT2D eigenvalue weighted by molar-refractivity contribution is 7.85. The number of nitrogen functional groups attached to an aromatic ring is 1. The first kappa shape index (κ1) is 29.9. The number of nitrogens with two attached hydrogens (primary N) is 2. The average molecular weight is 563 g/mol. The molecule has 0 amide bonds. The Morgan fingerprint density at radius 1 is 1.10 bits per heavy atom. The molecule has 0 unspecified atom stereocenters. The second-order valence-corrected chi connectivity index (χ2v) is 10.2. The van der Waals surface area contributed by atoms with Crippen molar-refractivity contribution in [1.29, 1.82) is 0 Å². The van der Waals surface area contributed by atoms with Crippen LogP contribution in [0.3, 0.4) is 0 Å². The number of carbonyl (C=O) groups excluding carboxylic acids is 1. The Morgan fingerprint density at radius 3 is 2.33 bits per heavy atom. The van der Waals surface area contributed by atoms with Crippen LogP contribution < -0.4 is 17.2 Å². The molecule has 1 aromatic heterocycles. The van der Waals surface area contributed by atoms with Crippen LogP contribution in [0.25, 0.3) is 0 Å². The fourth-order valence-corrected chi connectivity index (χ4v) is 4.13. The maximum absolute atomic E-state index is 12.1. The van der Waals surface area contributed by atoms with Crippen LogP contribution in [0.15, 0.2) is 76.6 Å². The third-order valence-electron chi connectivity index (χ3n) is 5.77. The monoisotopic (exact) mass is 562 g/mol. The fourth-order valence-electron chi connectivity index (χ4n) is 3.65. The zero-order valence-electron chi connectivity index (χ0n) is 20.9. The maximum atomic E-state index is 12.1. The summed E-state index contributed by atoms with van der Waals surface area (Å²) < 4.78 is 41.2. The van der Waals surface area contributed by atoms with E-state index in [2.05, 4.69) is 4.98 Å². The van der Waals surface area contributed by atoms with E-state index in [0.717, 1.165) is 15.7 Å². The van der Waals surface area contributed by atoms with E-state index in [1.807, 2.05) is 37.3 Å². The summed E-state index contributed by atoms with van der Waals surface area (Å²) in [6, 6.07) is 15.7. The van der Waals surface area contributed by atoms with Gasteiger partial charge >= 0.3 is 11.7 Å². The van der Waals surface area contributed by atoms with Gasteiger partial charge < -0.3 is 31.2 Å². The summed E-state index contributed by atoms with van der Waals surface area (Å²) in [5.41, 5.74) is 12.4. The summed E-state index contributed by atoms with van der Waals surface area (Å²) in [6.07, 6.45) is -3.40. The number of rotatable bonds is 7. The van der Waals surface area contributed by atoms with E-state index in [9.17, 15) is 28.2 Å². The molecule has 3 aromatic rings. The van der Waals surface area contributed by atoms with E-state index < -0.39 is 52.4 Å². The number of hydrogen-bond donors (Lipinski definition) is 5. The van der Waals surface area contributed by atoms with Crippen LogP contribution in [0.5, 0.6) is 0 Å². The van der Waals surface area contributed by atoms with Crippen molar-refractivity contribution in [3.05, 3.63) is 88.5 Å². The number of aryl methyl sites for hydroxylation is 1. The molecule has 2 aromatic carbocycles. The Bertz CT molecular complexity index is 1420. The van der Waals surface area contributed by atoms with E-state index in [0.29, 0.717) is 6.42 Å². The topological polar surface area (TPSA) is 217 Å². The number of aliphatic hydroxyl groups is 2. The molecule has 4 rings (SSSR count). The highest BCUT2D eigenvalue weighted by atomic mass is 32.2. The van der Waals surface area contributed by atoms with Gasteiger partial charge in [0.25, 0.3) is 10.1 Å². The lowest BCUT2D eigenvalue weighted by atomic mass is 10.1. The van der Waals surface area contributed by atoms with Gasteiger partial charge in [0.2, 0.25) is 0 Å². The minimum absolute atomic E-state index is 0.0205. The molecular weight excluding hydrogens is 532 g/mol. The molecular formula is C25H30N4O9S. The molecule has 1 saturated heterocycles. The molecule has 14 heteroatoms. The standard InChI is InChI=1S/C18H22N4O6.C7H8O3S/c19-11(8-10-4-2-1-3-5-10)17(25)27-9-12-14(23)15(24)16(28-12)22-7-6-13(20)21-18(22)26;1-6-2-4-7(5-3-6)11(8,9)10/h1-7,11-12,14-16,23-24H,8-9,19H2,(H2,20,21,26);2-5H,1H3,(H,8,9,10)/t11-,12-,14-,15+,16-;/m1./s1. The summed E-state index contributed by atoms with van der Waals surface area (Å²) >= 11 is 0. The fraction of sp³-hybridized carbons (Fsp3) is 0.320. The summed E-state index contributed by atoms with van der Waals surface area (Å²) in [5.74, 6) is -0.643. The molecule has 7 N–H and O–H groups in total. The molecule has 39 heavy (non-hydrogen) atoms. The number of aromatic nitrogens is 2. The Balaban J connectivity index is 0.000000320. The van der Waals surface area contributed by atoms with Crippen molar-refractivity contribution in [2.24, 2.45) is 5.73 Å². The Kier molecular flexibility index (Phi) is 9.91. The second-order valence-electron chi connectivity index (χ2n) is 8.80. The van der Waals surface area contributed by atoms with E-state index in [1.54, 1.807) is 12.1 Å². The van der Waals surface area contributed by atoms with Crippen molar-refractivity contribution in [2.75, 3.05) is 12.3 Å². The molecule has 0 bridgehead atoms. The normalized spacial score (nSPS) is 21.5. The number of carbonyl (C=O) groups is 1. The minimum atomic E-state index is -4.02. The number of nitrogens with zero attached hydrogens (tertiary/aromatic N) is 2. The van der Waals surface area contributed by atoms with Gasteiger partial charge in [-0.1, -0.05) is 48.0 Å². The predicted octanol–water partition coefficient (Wildman–Crippen LogP) is -0.200. The molecule has 0 aliphatic carbocycles. The molecule has 0 radical (unpaired) electrons. The van der Waals surface area contributed by atoms with E-state index in [4.69, 9.17) is 25.5 Å². The zero-order valence-corrected chi connectivity index (χ0v) is 21.7. The SMILES string of the molecule is Cc1ccc(S(=O)(=O)O)cc1.Nc1ccn([C@@H]2O[C@H](COC(=O)[C@H](N)Cc3ccccc3)[C@@H](O)[C@@H]2O)c(=O)n1. The molecule has 13 nitrogen and oxygen atoms in total. The number of ether oxygens (including phenoxy) is 2. The highest BCUT2D eigenvalue weighted by Gasteiger charge is 2.44. The van der Waals surface area contributed by atoms with Crippen molar-refractivity contribution in [3.8, 4) is 0 Å². The lowest BCUT2D eigenvalue weighted by molar-refractivity contribution is -0.151. The first-order valence-corrected chi connectivity index (χ1v) is 13.2. The summed E-state index contributed by atoms with van der Waals surface area (Å²) in [4.78, 5) is 27.5. The van der Waals surface area contributed by atoms with Crippen LogP contribution in [0.4, 0.5) is 5.82 Å². The van der Waals surface area contributed by atoms with Gasteiger partial charge in [0.1, 0.15) is 36.8 Å². The predicted molar refractivity (Wildman–Crippen MR) is 139 cm³/mol. The number of aliphatic hydroxyl groups excluding tert-OH is 2. The van der Waals surface area contributed by atoms with Crippen molar-refractivity contribution < 1.29 is 37.5 Å². The van der Waals surface area contributed by atoms with Gasteiger partial charge in [-0.25, -0.2) is 4.79 Å². The number of benzene rings is 2. The van der Waals surface area contributed by atoms with E-state index in [-0.39, 0.29) is 17.3 Å². The molecule has 1 aliphatic heterocycles. The molecule has 210 valence electrons. The van der Waals surface area contributed by atoms with Gasteiger partial charge in [-0.05, 0) is 37.1 Å². The van der Waals surface area contributed by atoms with Crippen LogP contribution in [-0.4, -0.2) is 69.7 Å². The first-order valence-electron chi connectivity index (χ1n) is 11.7. The third-order valence-corrected chi connectivity index (χ3v) is 6.64. The van der Waals surface area contributed by atoms with Gasteiger partial charge in [0.15, 0.2) is 6.23 Å². The molecule has 0 spiro atoms. The van der Waals surface area contributed by atoms with E-state index >= 15 is 0 Å². The van der Waals surface area contributed by atoms with Gasteiger partial charge in [-0.15, -0.1) is 0 Å². The first-order chi connectivity index (χ1) is 18.4. The smallest absolute Gasteiger partial charge is 0.351 e. The van der Waals surface area contributed by atoms with Crippen molar-refractivity contribution >= 4 is 21.9 Å². The van der Waals surface area contributed by atoms with Crippen LogP contribution >= 0.6 is 0 Å². The largest absolute Gasteiger partial charge is 0.462 e. The lowest BCUT2D eigenvalue weighted by Crippen LogP contribution is -2.39. The quantitative estimate of drug-likeness (QED) is 0.187. The van der Waals surface area contributed by atoms with Gasteiger partial charge in [-0.3, -0.25) is 13.9 Å². The Morgan fingerprint density at radius 2 is 1.74 bits per heavy atom. The molecule has 5 atom stereocenters. The van der Waals surface area contributed by atoms with Gasteiger partial charge in [-0.2, -0.15) is 13.4 Å². The van der Waals surface area contributed by atoms with Crippen LogP contribution in [0, 0.1) is 6.92 Å². The van der Waals surface area contributed by atoms with Gasteiger partial charge in [0.05, 0.1) is 4.90 Å². The number of esters is 1. The van der Waals surface area contributed by atoms with Crippen molar-refractivity contribution in [3.63, 3.8) is 0 Å². The zero-order chi connectivity index (χ0) is 28.7. The van der Waals surface area contributed by atoms with E-state index in [1.165, 1.54) is 24.4 Å². The molecule has 1 fully saturated rings. The Hall–Kier alpha value is -3.66. The van der Waals surface area contributed by atoms with Crippen LogP contribution in [-0.2, 0) is 30.8 Å². The van der Waals surface area contributed by atoms with Crippen molar-refractivity contribution in [2.45, 2.75) is 48.8 Å².